The van der Waals surface area contributed by atoms with Gasteiger partial charge >= 0.3 is 6.03 Å². The minimum Gasteiger partial charge on any atom is -0.361 e. The monoisotopic (exact) mass is 331 g/mol. The standard InChI is InChI=1S/C17H25N5O2/c1-7-13(15-11(3)21-24-12(15)4)19-17(23)20-14-9-8-10(2)18-16(14)22(5)6/h8-9,13H,7H2,1-6H3,(H2,19,20,23)/t13-/m1/s1. The van der Waals surface area contributed by atoms with Crippen molar-refractivity contribution < 1.29 is 9.32 Å². The van der Waals surface area contributed by atoms with Crippen molar-refractivity contribution in [3.05, 3.63) is 34.8 Å². The number of pyridine rings is 1. The molecule has 0 radical (unpaired) electrons. The summed E-state index contributed by atoms with van der Waals surface area (Å²) < 4.78 is 5.20. The zero-order valence-corrected chi connectivity index (χ0v) is 15.1. The van der Waals surface area contributed by atoms with Crippen molar-refractivity contribution in [2.75, 3.05) is 24.3 Å². The van der Waals surface area contributed by atoms with Crippen LogP contribution >= 0.6 is 0 Å². The Morgan fingerprint density at radius 1 is 1.29 bits per heavy atom. The minimum absolute atomic E-state index is 0.155. The van der Waals surface area contributed by atoms with Gasteiger partial charge in [0.1, 0.15) is 5.76 Å². The van der Waals surface area contributed by atoms with Crippen LogP contribution in [0.25, 0.3) is 0 Å². The largest absolute Gasteiger partial charge is 0.361 e. The summed E-state index contributed by atoms with van der Waals surface area (Å²) in [6.07, 6.45) is 0.739. The number of amides is 2. The lowest BCUT2D eigenvalue weighted by Crippen LogP contribution is -2.33. The van der Waals surface area contributed by atoms with E-state index in [0.29, 0.717) is 5.69 Å². The summed E-state index contributed by atoms with van der Waals surface area (Å²) in [5, 5.41) is 9.82. The van der Waals surface area contributed by atoms with Crippen LogP contribution < -0.4 is 15.5 Å². The van der Waals surface area contributed by atoms with E-state index >= 15 is 0 Å². The van der Waals surface area contributed by atoms with Crippen LogP contribution in [0.5, 0.6) is 0 Å². The number of urea groups is 1. The van der Waals surface area contributed by atoms with Gasteiger partial charge in [-0.1, -0.05) is 12.1 Å². The maximum atomic E-state index is 12.4. The second kappa shape index (κ2) is 7.33. The van der Waals surface area contributed by atoms with Gasteiger partial charge in [-0.05, 0) is 39.3 Å². The summed E-state index contributed by atoms with van der Waals surface area (Å²) in [6.45, 7) is 7.66. The predicted octanol–water partition coefficient (Wildman–Crippen LogP) is 3.33. The summed E-state index contributed by atoms with van der Waals surface area (Å²) >= 11 is 0. The lowest BCUT2D eigenvalue weighted by Gasteiger charge is -2.20. The normalized spacial score (nSPS) is 11.9. The molecule has 2 amide bonds. The first-order valence-corrected chi connectivity index (χ1v) is 7.98. The molecule has 130 valence electrons. The topological polar surface area (TPSA) is 83.3 Å². The number of aromatic nitrogens is 2. The molecule has 7 heteroatoms. The number of hydrogen-bond donors (Lipinski definition) is 2. The number of carbonyl (C=O) groups is 1. The molecule has 0 unspecified atom stereocenters. The summed E-state index contributed by atoms with van der Waals surface area (Å²) in [4.78, 5) is 18.8. The molecule has 0 saturated heterocycles. The molecule has 0 fully saturated rings. The fourth-order valence-electron chi connectivity index (χ4n) is 2.66. The zero-order valence-electron chi connectivity index (χ0n) is 15.1. The van der Waals surface area contributed by atoms with E-state index in [9.17, 15) is 4.79 Å². The van der Waals surface area contributed by atoms with Crippen molar-refractivity contribution in [3.63, 3.8) is 0 Å². The first-order chi connectivity index (χ1) is 11.3. The van der Waals surface area contributed by atoms with E-state index in [2.05, 4.69) is 20.8 Å². The molecule has 2 aromatic rings. The summed E-state index contributed by atoms with van der Waals surface area (Å²) in [6, 6.07) is 3.29. The highest BCUT2D eigenvalue weighted by atomic mass is 16.5. The quantitative estimate of drug-likeness (QED) is 0.878. The highest BCUT2D eigenvalue weighted by Gasteiger charge is 2.21. The number of aryl methyl sites for hydroxylation is 3. The second-order valence-corrected chi connectivity index (χ2v) is 6.02. The number of hydrogen-bond acceptors (Lipinski definition) is 5. The molecular formula is C17H25N5O2. The maximum Gasteiger partial charge on any atom is 0.319 e. The van der Waals surface area contributed by atoms with Crippen LogP contribution in [0.2, 0.25) is 0 Å². The molecule has 2 rings (SSSR count). The lowest BCUT2D eigenvalue weighted by molar-refractivity contribution is 0.248. The molecule has 7 nitrogen and oxygen atoms in total. The van der Waals surface area contributed by atoms with Crippen molar-refractivity contribution in [2.24, 2.45) is 0 Å². The Bertz CT molecular complexity index is 704. The van der Waals surface area contributed by atoms with Gasteiger partial charge in [-0.2, -0.15) is 0 Å². The summed E-state index contributed by atoms with van der Waals surface area (Å²) in [5.41, 5.74) is 3.29. The molecular weight excluding hydrogens is 306 g/mol. The minimum atomic E-state index is -0.282. The van der Waals surface area contributed by atoms with Gasteiger partial charge in [0.2, 0.25) is 0 Å². The zero-order chi connectivity index (χ0) is 17.9. The molecule has 0 aromatic carbocycles. The number of rotatable bonds is 5. The molecule has 0 saturated carbocycles. The third-order valence-corrected chi connectivity index (χ3v) is 3.84. The molecule has 2 N–H and O–H groups in total. The molecule has 2 aromatic heterocycles. The van der Waals surface area contributed by atoms with Crippen LogP contribution in [-0.2, 0) is 0 Å². The van der Waals surface area contributed by atoms with E-state index < -0.39 is 0 Å². The number of nitrogens with one attached hydrogen (secondary N) is 2. The Kier molecular flexibility index (Phi) is 5.43. The second-order valence-electron chi connectivity index (χ2n) is 6.02. The Morgan fingerprint density at radius 3 is 2.54 bits per heavy atom. The van der Waals surface area contributed by atoms with Crippen LogP contribution in [0, 0.1) is 20.8 Å². The van der Waals surface area contributed by atoms with E-state index in [-0.39, 0.29) is 12.1 Å². The summed E-state index contributed by atoms with van der Waals surface area (Å²) in [7, 11) is 3.78. The maximum absolute atomic E-state index is 12.4. The number of nitrogens with zero attached hydrogens (tertiary/aromatic N) is 3. The Labute approximate surface area is 142 Å². The van der Waals surface area contributed by atoms with Gasteiger partial charge < -0.3 is 20.1 Å². The molecule has 1 atom stereocenters. The van der Waals surface area contributed by atoms with Crippen molar-refractivity contribution in [1.82, 2.24) is 15.5 Å². The average Bonchev–Trinajstić information content (AvgIpc) is 2.85. The van der Waals surface area contributed by atoms with E-state index in [1.54, 1.807) is 0 Å². The van der Waals surface area contributed by atoms with Crippen LogP contribution in [0.3, 0.4) is 0 Å². The fraction of sp³-hybridized carbons (Fsp3) is 0.471. The van der Waals surface area contributed by atoms with E-state index in [4.69, 9.17) is 4.52 Å². The van der Waals surface area contributed by atoms with Crippen LogP contribution in [-0.4, -0.2) is 30.3 Å². The summed E-state index contributed by atoms with van der Waals surface area (Å²) in [5.74, 6) is 1.45. The van der Waals surface area contributed by atoms with Crippen molar-refractivity contribution >= 4 is 17.5 Å². The molecule has 2 heterocycles. The van der Waals surface area contributed by atoms with Crippen LogP contribution in [0.1, 0.15) is 42.1 Å². The lowest BCUT2D eigenvalue weighted by atomic mass is 10.0. The van der Waals surface area contributed by atoms with Crippen LogP contribution in [0.15, 0.2) is 16.7 Å². The number of carbonyl (C=O) groups excluding carboxylic acids is 1. The van der Waals surface area contributed by atoms with Crippen molar-refractivity contribution in [2.45, 2.75) is 40.2 Å². The van der Waals surface area contributed by atoms with Gasteiger partial charge in [0.05, 0.1) is 17.4 Å². The van der Waals surface area contributed by atoms with E-state index in [1.807, 2.05) is 58.8 Å². The predicted molar refractivity (Wildman–Crippen MR) is 94.5 cm³/mol. The Hall–Kier alpha value is -2.57. The molecule has 0 bridgehead atoms. The molecule has 0 aliphatic heterocycles. The fourth-order valence-corrected chi connectivity index (χ4v) is 2.66. The molecule has 24 heavy (non-hydrogen) atoms. The average molecular weight is 331 g/mol. The van der Waals surface area contributed by atoms with E-state index in [0.717, 1.165) is 35.0 Å². The van der Waals surface area contributed by atoms with Crippen molar-refractivity contribution in [3.8, 4) is 0 Å². The SMILES string of the molecule is CC[C@@H](NC(=O)Nc1ccc(C)nc1N(C)C)c1c(C)noc1C. The third-order valence-electron chi connectivity index (χ3n) is 3.84. The highest BCUT2D eigenvalue weighted by Crippen LogP contribution is 2.25. The van der Waals surface area contributed by atoms with Gasteiger partial charge in [-0.15, -0.1) is 0 Å². The Balaban J connectivity index is 2.16. The van der Waals surface area contributed by atoms with Gasteiger partial charge in [0, 0.05) is 25.4 Å². The number of anilines is 2. The van der Waals surface area contributed by atoms with E-state index in [1.165, 1.54) is 0 Å². The van der Waals surface area contributed by atoms with Gasteiger partial charge in [0.25, 0.3) is 0 Å². The Morgan fingerprint density at radius 2 is 2.00 bits per heavy atom. The van der Waals surface area contributed by atoms with Gasteiger partial charge in [0.15, 0.2) is 5.82 Å². The first-order valence-electron chi connectivity index (χ1n) is 7.98. The first kappa shape index (κ1) is 17.8. The van der Waals surface area contributed by atoms with Crippen LogP contribution in [0.4, 0.5) is 16.3 Å². The molecule has 0 aliphatic carbocycles. The molecule has 0 aliphatic rings. The highest BCUT2D eigenvalue weighted by molar-refractivity contribution is 5.92. The van der Waals surface area contributed by atoms with Crippen molar-refractivity contribution in [1.29, 1.82) is 0 Å². The third kappa shape index (κ3) is 3.84. The smallest absolute Gasteiger partial charge is 0.319 e. The molecule has 0 spiro atoms. The van der Waals surface area contributed by atoms with Gasteiger partial charge in [-0.3, -0.25) is 0 Å². The van der Waals surface area contributed by atoms with Gasteiger partial charge in [-0.25, -0.2) is 9.78 Å².